The third kappa shape index (κ3) is 6.49. The average molecular weight is 398 g/mol. The van der Waals surface area contributed by atoms with Crippen LogP contribution in [0.5, 0.6) is 11.5 Å². The Labute approximate surface area is 156 Å². The van der Waals surface area contributed by atoms with Gasteiger partial charge in [0.25, 0.3) is 0 Å². The van der Waals surface area contributed by atoms with Crippen LogP contribution in [0.15, 0.2) is 36.4 Å². The molecule has 0 atom stereocenters. The van der Waals surface area contributed by atoms with E-state index in [9.17, 15) is 9.59 Å². The smallest absolute Gasteiger partial charge is 0.561 e. The van der Waals surface area contributed by atoms with Crippen molar-refractivity contribution in [3.05, 3.63) is 58.7 Å². The van der Waals surface area contributed by atoms with Gasteiger partial charge in [-0.2, -0.15) is 0 Å². The van der Waals surface area contributed by atoms with Crippen molar-refractivity contribution < 1.29 is 47.1 Å². The Morgan fingerprint density at radius 3 is 1.36 bits per heavy atom. The summed E-state index contributed by atoms with van der Waals surface area (Å²) >= 11 is 0. The molecule has 0 spiro atoms. The Morgan fingerprint density at radius 1 is 0.800 bits per heavy atom. The molecule has 6 N–H and O–H groups in total. The molecular formula is C18H22CuO6+4. The first-order valence-electron chi connectivity index (χ1n) is 7.45. The first-order chi connectivity index (χ1) is 11.3. The molecule has 2 rings (SSSR count). The molecule has 0 bridgehead atoms. The van der Waals surface area contributed by atoms with E-state index in [1.54, 1.807) is 24.3 Å². The van der Waals surface area contributed by atoms with Crippen molar-refractivity contribution in [1.29, 1.82) is 0 Å². The number of benzene rings is 2. The van der Waals surface area contributed by atoms with Crippen LogP contribution in [0.4, 0.5) is 0 Å². The number of phenols is 2. The molecule has 0 aromatic heterocycles. The summed E-state index contributed by atoms with van der Waals surface area (Å²) in [5.41, 5.74) is 2.05. The summed E-state index contributed by atoms with van der Waals surface area (Å²) in [5, 5.41) is 32.0. The van der Waals surface area contributed by atoms with Crippen LogP contribution in [-0.2, 0) is 29.9 Å². The molecule has 0 aliphatic heterocycles. The van der Waals surface area contributed by atoms with Crippen molar-refractivity contribution in [2.45, 2.75) is 26.7 Å². The van der Waals surface area contributed by atoms with Crippen molar-refractivity contribution in [2.75, 3.05) is 0 Å². The summed E-state index contributed by atoms with van der Waals surface area (Å²) in [7, 11) is 0. The fourth-order valence-corrected chi connectivity index (χ4v) is 1.97. The van der Waals surface area contributed by atoms with Gasteiger partial charge in [-0.05, 0) is 48.2 Å². The number of hydrogen-bond donors (Lipinski definition) is 2. The normalized spacial score (nSPS) is 9.36. The van der Waals surface area contributed by atoms with Crippen LogP contribution in [0.25, 0.3) is 0 Å². The third-order valence-electron chi connectivity index (χ3n) is 3.43. The summed E-state index contributed by atoms with van der Waals surface area (Å²) in [6, 6.07) is 9.46. The van der Waals surface area contributed by atoms with Gasteiger partial charge in [0.1, 0.15) is 11.5 Å². The van der Waals surface area contributed by atoms with Crippen molar-refractivity contribution in [1.82, 2.24) is 0 Å². The number of carbonyl (C=O) groups excluding carboxylic acids is 2. The Bertz CT molecular complexity index is 679. The molecule has 0 fully saturated rings. The molecule has 7 heteroatoms. The van der Waals surface area contributed by atoms with E-state index in [0.29, 0.717) is 0 Å². The summed E-state index contributed by atoms with van der Waals surface area (Å²) in [6.45, 7) is 3.90. The van der Waals surface area contributed by atoms with Gasteiger partial charge in [-0.15, -0.1) is 0 Å². The van der Waals surface area contributed by atoms with Crippen LogP contribution < -0.4 is 0 Å². The second-order valence-electron chi connectivity index (χ2n) is 5.07. The molecule has 137 valence electrons. The quantitative estimate of drug-likeness (QED) is 0.601. The van der Waals surface area contributed by atoms with Crippen LogP contribution in [-0.4, -0.2) is 32.4 Å². The third-order valence-corrected chi connectivity index (χ3v) is 3.43. The predicted octanol–water partition coefficient (Wildman–Crippen LogP) is 1.64. The second kappa shape index (κ2) is 10.4. The van der Waals surface area contributed by atoms with Crippen molar-refractivity contribution in [3.63, 3.8) is 0 Å². The maximum atomic E-state index is 10.6. The van der Waals surface area contributed by atoms with Gasteiger partial charge in [-0.25, -0.2) is 0 Å². The molecule has 6 nitrogen and oxygen atoms in total. The maximum Gasteiger partial charge on any atom is 2.00 e. The fraction of sp³-hybridized carbons (Fsp3) is 0.222. The number of aromatic hydroxyl groups is 2. The summed E-state index contributed by atoms with van der Waals surface area (Å²) in [4.78, 5) is 21.3. The second-order valence-corrected chi connectivity index (χ2v) is 5.07. The molecule has 0 saturated carbocycles. The molecular weight excluding hydrogens is 376 g/mol. The van der Waals surface area contributed by atoms with Crippen LogP contribution in [0.1, 0.15) is 45.7 Å². The number of carbonyl (C=O) groups is 2. The van der Waals surface area contributed by atoms with E-state index in [2.05, 4.69) is 0 Å². The van der Waals surface area contributed by atoms with E-state index in [1.807, 2.05) is 13.8 Å². The minimum atomic E-state index is -0.845. The Hall–Kier alpha value is -2.50. The zero-order valence-electron chi connectivity index (χ0n) is 13.9. The van der Waals surface area contributed by atoms with Crippen molar-refractivity contribution >= 4 is 11.9 Å². The van der Waals surface area contributed by atoms with Crippen LogP contribution >= 0.6 is 0 Å². The summed E-state index contributed by atoms with van der Waals surface area (Å²) in [6.07, 6.45) is 1.58. The molecule has 25 heavy (non-hydrogen) atoms. The number of aryl methyl sites for hydroxylation is 2. The Kier molecular flexibility index (Phi) is 9.34. The summed E-state index contributed by atoms with van der Waals surface area (Å²) < 4.78 is 0. The SMILES string of the molecule is CCc1ccc(O)c(C(=O)[OH2+])c1.CCc1ccc(O)c(C(=O)[OH2+])c1.[Cu+2]. The van der Waals surface area contributed by atoms with Crippen molar-refractivity contribution in [2.24, 2.45) is 0 Å². The molecule has 2 aromatic rings. The molecule has 0 amide bonds. The van der Waals surface area contributed by atoms with Gasteiger partial charge in [0.05, 0.1) is 0 Å². The topological polar surface area (TPSA) is 120 Å². The average Bonchev–Trinajstić information content (AvgIpc) is 2.56. The zero-order valence-corrected chi connectivity index (χ0v) is 14.8. The van der Waals surface area contributed by atoms with E-state index in [1.165, 1.54) is 12.1 Å². The molecule has 1 radical (unpaired) electrons. The standard InChI is InChI=1S/2C9H10O3.Cu/c2*1-2-6-3-4-8(10)7(5-6)9(11)12;/h2*3-5,10H,2H2,1H3,(H,11,12);/q;;+2/p+2. The van der Waals surface area contributed by atoms with Gasteiger partial charge in [-0.1, -0.05) is 26.0 Å². The van der Waals surface area contributed by atoms with E-state index >= 15 is 0 Å². The number of rotatable bonds is 4. The van der Waals surface area contributed by atoms with Crippen LogP contribution in [0.2, 0.25) is 0 Å². The molecule has 0 unspecified atom stereocenters. The first kappa shape index (κ1) is 22.5. The van der Waals surface area contributed by atoms with Gasteiger partial charge >= 0.3 is 29.0 Å². The Morgan fingerprint density at radius 2 is 1.12 bits per heavy atom. The zero-order chi connectivity index (χ0) is 18.3. The molecule has 0 aliphatic carbocycles. The van der Waals surface area contributed by atoms with Crippen molar-refractivity contribution in [3.8, 4) is 11.5 Å². The minimum Gasteiger partial charge on any atom is -0.561 e. The first-order valence-corrected chi connectivity index (χ1v) is 7.45. The molecule has 2 aromatic carbocycles. The van der Waals surface area contributed by atoms with E-state index < -0.39 is 11.9 Å². The van der Waals surface area contributed by atoms with Gasteiger partial charge in [0.2, 0.25) is 0 Å². The van der Waals surface area contributed by atoms with Gasteiger partial charge in [-0.3, -0.25) is 0 Å². The van der Waals surface area contributed by atoms with Gasteiger partial charge in [0.15, 0.2) is 11.1 Å². The maximum absolute atomic E-state index is 10.6. The number of hydrogen-bond acceptors (Lipinski definition) is 4. The Balaban J connectivity index is 0.000000443. The molecule has 0 aliphatic rings. The van der Waals surface area contributed by atoms with E-state index in [0.717, 1.165) is 24.0 Å². The van der Waals surface area contributed by atoms with Crippen LogP contribution in [0, 0.1) is 0 Å². The molecule has 0 heterocycles. The summed E-state index contributed by atoms with van der Waals surface area (Å²) in [5.74, 6) is -1.93. The predicted molar refractivity (Wildman–Crippen MR) is 90.9 cm³/mol. The van der Waals surface area contributed by atoms with E-state index in [-0.39, 0.29) is 39.7 Å². The fourth-order valence-electron chi connectivity index (χ4n) is 1.97. The minimum absolute atomic E-state index is 0. The van der Waals surface area contributed by atoms with Gasteiger partial charge in [0, 0.05) is 9.59 Å². The van der Waals surface area contributed by atoms with Gasteiger partial charge < -0.3 is 20.4 Å². The van der Waals surface area contributed by atoms with Crippen LogP contribution in [0.3, 0.4) is 0 Å². The van der Waals surface area contributed by atoms with E-state index in [4.69, 9.17) is 20.4 Å². The molecule has 0 saturated heterocycles. The number of phenolic OH excluding ortho intramolecular Hbond substituents is 2. The largest absolute Gasteiger partial charge is 2.00 e. The monoisotopic (exact) mass is 397 g/mol.